The molecule has 25 heavy (non-hydrogen) atoms. The fourth-order valence-electron chi connectivity index (χ4n) is 2.40. The van der Waals surface area contributed by atoms with Gasteiger partial charge in [-0.1, -0.05) is 71.2 Å². The van der Waals surface area contributed by atoms with Gasteiger partial charge in [0.15, 0.2) is 6.10 Å². The first-order chi connectivity index (χ1) is 12.0. The first kappa shape index (κ1) is 17.9. The van der Waals surface area contributed by atoms with Crippen molar-refractivity contribution in [2.45, 2.75) is 13.0 Å². The summed E-state index contributed by atoms with van der Waals surface area (Å²) in [5.74, 6) is 0.300. The Bertz CT molecular complexity index is 938. The summed E-state index contributed by atoms with van der Waals surface area (Å²) < 4.78 is 5.84. The second-order valence-corrected chi connectivity index (χ2v) is 6.69. The van der Waals surface area contributed by atoms with Crippen LogP contribution in [0.5, 0.6) is 5.75 Å². The third-order valence-corrected chi connectivity index (χ3v) is 4.73. The number of amides is 1. The summed E-state index contributed by atoms with van der Waals surface area (Å²) in [4.78, 5) is 12.4. The first-order valence-corrected chi connectivity index (χ1v) is 8.69. The number of hydrogen-bond donors (Lipinski definition) is 1. The number of anilines is 1. The van der Waals surface area contributed by atoms with Crippen LogP contribution in [0.2, 0.25) is 15.1 Å². The van der Waals surface area contributed by atoms with Gasteiger partial charge in [-0.15, -0.1) is 0 Å². The van der Waals surface area contributed by atoms with Gasteiger partial charge in [-0.2, -0.15) is 0 Å². The van der Waals surface area contributed by atoms with Crippen molar-refractivity contribution in [3.05, 3.63) is 69.7 Å². The zero-order valence-electron chi connectivity index (χ0n) is 13.2. The van der Waals surface area contributed by atoms with E-state index in [1.165, 1.54) is 12.1 Å². The zero-order chi connectivity index (χ0) is 18.0. The molecule has 0 radical (unpaired) electrons. The van der Waals surface area contributed by atoms with Crippen LogP contribution in [0, 0.1) is 0 Å². The minimum absolute atomic E-state index is 0.306. The summed E-state index contributed by atoms with van der Waals surface area (Å²) in [5.41, 5.74) is 0.384. The number of benzene rings is 3. The summed E-state index contributed by atoms with van der Waals surface area (Å²) in [6.45, 7) is 1.67. The van der Waals surface area contributed by atoms with Crippen molar-refractivity contribution in [1.82, 2.24) is 0 Å². The Hall–Kier alpha value is -1.94. The van der Waals surface area contributed by atoms with E-state index in [9.17, 15) is 4.79 Å². The average molecular weight is 395 g/mol. The lowest BCUT2D eigenvalue weighted by atomic mass is 10.1. The standard InChI is InChI=1S/C19H14Cl3NO2/c1-11(19(24)23-17-10-15(21)14(20)9-16(17)22)25-18-8-4-6-12-5-2-3-7-13(12)18/h2-11H,1H3,(H,23,24). The summed E-state index contributed by atoms with van der Waals surface area (Å²) in [6.07, 6.45) is -0.726. The van der Waals surface area contributed by atoms with Crippen LogP contribution in [-0.4, -0.2) is 12.0 Å². The lowest BCUT2D eigenvalue weighted by molar-refractivity contribution is -0.122. The molecule has 0 aliphatic heterocycles. The van der Waals surface area contributed by atoms with Crippen molar-refractivity contribution in [2.75, 3.05) is 5.32 Å². The third kappa shape index (κ3) is 4.01. The average Bonchev–Trinajstić information content (AvgIpc) is 2.60. The first-order valence-electron chi connectivity index (χ1n) is 7.55. The number of rotatable bonds is 4. The molecule has 0 aliphatic rings. The van der Waals surface area contributed by atoms with Gasteiger partial charge in [-0.05, 0) is 30.5 Å². The quantitative estimate of drug-likeness (QED) is 0.534. The van der Waals surface area contributed by atoms with Gasteiger partial charge in [0.2, 0.25) is 0 Å². The Morgan fingerprint density at radius 1 is 0.960 bits per heavy atom. The molecule has 3 aromatic rings. The maximum absolute atomic E-state index is 12.4. The molecule has 3 rings (SSSR count). The maximum atomic E-state index is 12.4. The van der Waals surface area contributed by atoms with Crippen LogP contribution in [-0.2, 0) is 4.79 Å². The molecule has 3 aromatic carbocycles. The van der Waals surface area contributed by atoms with E-state index in [4.69, 9.17) is 39.5 Å². The monoisotopic (exact) mass is 393 g/mol. The third-order valence-electron chi connectivity index (χ3n) is 3.69. The van der Waals surface area contributed by atoms with Crippen LogP contribution in [0.1, 0.15) is 6.92 Å². The Morgan fingerprint density at radius 2 is 1.64 bits per heavy atom. The molecule has 1 unspecified atom stereocenters. The smallest absolute Gasteiger partial charge is 0.265 e. The van der Waals surface area contributed by atoms with Gasteiger partial charge in [0.25, 0.3) is 5.91 Å². The lowest BCUT2D eigenvalue weighted by Gasteiger charge is -2.17. The van der Waals surface area contributed by atoms with Crippen molar-refractivity contribution in [3.63, 3.8) is 0 Å². The number of carbonyl (C=O) groups is 1. The van der Waals surface area contributed by atoms with Crippen molar-refractivity contribution < 1.29 is 9.53 Å². The van der Waals surface area contributed by atoms with E-state index >= 15 is 0 Å². The molecule has 0 aliphatic carbocycles. The van der Waals surface area contributed by atoms with Crippen LogP contribution in [0.4, 0.5) is 5.69 Å². The van der Waals surface area contributed by atoms with Gasteiger partial charge < -0.3 is 10.1 Å². The van der Waals surface area contributed by atoms with Crippen molar-refractivity contribution in [2.24, 2.45) is 0 Å². The number of hydrogen-bond acceptors (Lipinski definition) is 2. The summed E-state index contributed by atoms with van der Waals surface area (Å²) in [5, 5.41) is 5.63. The zero-order valence-corrected chi connectivity index (χ0v) is 15.5. The van der Waals surface area contributed by atoms with E-state index < -0.39 is 6.10 Å². The van der Waals surface area contributed by atoms with Crippen molar-refractivity contribution >= 4 is 57.2 Å². The van der Waals surface area contributed by atoms with Gasteiger partial charge >= 0.3 is 0 Å². The predicted octanol–water partition coefficient (Wildman–Crippen LogP) is 6.21. The number of fused-ring (bicyclic) bond motifs is 1. The van der Waals surface area contributed by atoms with E-state index in [1.807, 2.05) is 42.5 Å². The Kier molecular flexibility index (Phi) is 5.38. The van der Waals surface area contributed by atoms with Crippen molar-refractivity contribution in [3.8, 4) is 5.75 Å². The highest BCUT2D eigenvalue weighted by Gasteiger charge is 2.18. The normalized spacial score (nSPS) is 12.0. The maximum Gasteiger partial charge on any atom is 0.265 e. The molecule has 0 saturated heterocycles. The van der Waals surface area contributed by atoms with E-state index in [1.54, 1.807) is 6.92 Å². The second kappa shape index (κ2) is 7.52. The summed E-state index contributed by atoms with van der Waals surface area (Å²) in [7, 11) is 0. The van der Waals surface area contributed by atoms with Crippen LogP contribution in [0.3, 0.4) is 0 Å². The molecule has 6 heteroatoms. The molecule has 0 spiro atoms. The molecular weight excluding hydrogens is 381 g/mol. The molecular formula is C19H14Cl3NO2. The molecule has 0 saturated carbocycles. The Morgan fingerprint density at radius 3 is 2.44 bits per heavy atom. The highest BCUT2D eigenvalue weighted by molar-refractivity contribution is 6.44. The molecule has 1 amide bonds. The van der Waals surface area contributed by atoms with E-state index in [2.05, 4.69) is 5.32 Å². The van der Waals surface area contributed by atoms with Gasteiger partial charge in [0.1, 0.15) is 5.75 Å². The number of carbonyl (C=O) groups excluding carboxylic acids is 1. The fraction of sp³-hybridized carbons (Fsp3) is 0.105. The highest BCUT2D eigenvalue weighted by atomic mass is 35.5. The largest absolute Gasteiger partial charge is 0.480 e. The Labute approximate surface area is 160 Å². The van der Waals surface area contributed by atoms with E-state index in [-0.39, 0.29) is 5.91 Å². The highest BCUT2D eigenvalue weighted by Crippen LogP contribution is 2.32. The number of halogens is 3. The summed E-state index contributed by atoms with van der Waals surface area (Å²) >= 11 is 18.0. The van der Waals surface area contributed by atoms with E-state index in [0.29, 0.717) is 26.5 Å². The minimum Gasteiger partial charge on any atom is -0.480 e. The molecule has 128 valence electrons. The molecule has 0 aromatic heterocycles. The molecule has 0 fully saturated rings. The van der Waals surface area contributed by atoms with Crippen LogP contribution in [0.15, 0.2) is 54.6 Å². The topological polar surface area (TPSA) is 38.3 Å². The summed E-state index contributed by atoms with van der Waals surface area (Å²) in [6, 6.07) is 16.5. The fourth-order valence-corrected chi connectivity index (χ4v) is 2.99. The molecule has 0 heterocycles. The lowest BCUT2D eigenvalue weighted by Crippen LogP contribution is -2.30. The van der Waals surface area contributed by atoms with Crippen LogP contribution >= 0.6 is 34.8 Å². The van der Waals surface area contributed by atoms with Gasteiger partial charge in [0, 0.05) is 5.39 Å². The Balaban J connectivity index is 1.78. The SMILES string of the molecule is CC(Oc1cccc2ccccc12)C(=O)Nc1cc(Cl)c(Cl)cc1Cl. The number of nitrogens with one attached hydrogen (secondary N) is 1. The van der Waals surface area contributed by atoms with E-state index in [0.717, 1.165) is 10.8 Å². The molecule has 1 atom stereocenters. The second-order valence-electron chi connectivity index (χ2n) is 5.47. The van der Waals surface area contributed by atoms with Crippen molar-refractivity contribution in [1.29, 1.82) is 0 Å². The molecule has 3 nitrogen and oxygen atoms in total. The molecule has 1 N–H and O–H groups in total. The number of ether oxygens (including phenoxy) is 1. The van der Waals surface area contributed by atoms with Gasteiger partial charge in [0.05, 0.1) is 20.8 Å². The van der Waals surface area contributed by atoms with Gasteiger partial charge in [-0.3, -0.25) is 4.79 Å². The molecule has 0 bridgehead atoms. The predicted molar refractivity (Wildman–Crippen MR) is 104 cm³/mol. The van der Waals surface area contributed by atoms with Gasteiger partial charge in [-0.25, -0.2) is 0 Å². The minimum atomic E-state index is -0.726. The van der Waals surface area contributed by atoms with Crippen LogP contribution in [0.25, 0.3) is 10.8 Å². The van der Waals surface area contributed by atoms with Crippen LogP contribution < -0.4 is 10.1 Å².